The Kier molecular flexibility index (Phi) is 8.19. The Balaban J connectivity index is 1.70. The molecule has 0 unspecified atom stereocenters. The molecule has 0 amide bonds. The van der Waals surface area contributed by atoms with Gasteiger partial charge in [0.25, 0.3) is 0 Å². The summed E-state index contributed by atoms with van der Waals surface area (Å²) in [4.78, 5) is 4.86. The molecule has 4 nitrogen and oxygen atoms in total. The van der Waals surface area contributed by atoms with E-state index in [1.807, 2.05) is 0 Å². The average molecular weight is 335 g/mol. The summed E-state index contributed by atoms with van der Waals surface area (Å²) < 4.78 is 0. The Morgan fingerprint density at radius 3 is 2.58 bits per heavy atom. The number of aliphatic hydroxyl groups is 2. The van der Waals surface area contributed by atoms with Gasteiger partial charge in [-0.2, -0.15) is 0 Å². The Morgan fingerprint density at radius 1 is 1.25 bits per heavy atom. The second kappa shape index (κ2) is 10.1. The van der Waals surface area contributed by atoms with Crippen LogP contribution in [0.1, 0.15) is 30.9 Å². The summed E-state index contributed by atoms with van der Waals surface area (Å²) in [6, 6.07) is 8.68. The van der Waals surface area contributed by atoms with Gasteiger partial charge in [0, 0.05) is 19.6 Å². The van der Waals surface area contributed by atoms with E-state index in [1.165, 1.54) is 37.1 Å². The van der Waals surface area contributed by atoms with Gasteiger partial charge in [-0.15, -0.1) is 0 Å². The van der Waals surface area contributed by atoms with E-state index in [0.29, 0.717) is 12.5 Å². The summed E-state index contributed by atoms with van der Waals surface area (Å²) in [6.07, 6.45) is 3.00. The minimum absolute atomic E-state index is 0.145. The first kappa shape index (κ1) is 19.4. The third-order valence-electron chi connectivity index (χ3n) is 5.31. The number of likely N-dealkylation sites (N-methyl/N-ethyl adjacent to an activating group) is 1. The molecule has 1 atom stereocenters. The fraction of sp³-hybridized carbons (Fsp3) is 0.700. The third-order valence-corrected chi connectivity index (χ3v) is 5.31. The van der Waals surface area contributed by atoms with Gasteiger partial charge in [0.2, 0.25) is 0 Å². The van der Waals surface area contributed by atoms with E-state index in [0.717, 1.165) is 26.1 Å². The Hall–Kier alpha value is -0.940. The Bertz CT molecular complexity index is 472. The lowest BCUT2D eigenvalue weighted by Gasteiger charge is -2.35. The number of piperidine rings is 1. The number of aryl methyl sites for hydroxylation is 1. The topological polar surface area (TPSA) is 46.9 Å². The monoisotopic (exact) mass is 334 g/mol. The van der Waals surface area contributed by atoms with Gasteiger partial charge in [-0.3, -0.25) is 0 Å². The van der Waals surface area contributed by atoms with Crippen molar-refractivity contribution >= 4 is 0 Å². The van der Waals surface area contributed by atoms with Gasteiger partial charge in [0.1, 0.15) is 0 Å². The fourth-order valence-corrected chi connectivity index (χ4v) is 3.62. The molecular formula is C20H34N2O2. The van der Waals surface area contributed by atoms with Crippen molar-refractivity contribution < 1.29 is 10.2 Å². The predicted molar refractivity (Wildman–Crippen MR) is 99.3 cm³/mol. The summed E-state index contributed by atoms with van der Waals surface area (Å²) in [7, 11) is 0. The number of hydrogen-bond donors (Lipinski definition) is 2. The molecule has 1 heterocycles. The minimum atomic E-state index is -0.612. The SMILES string of the molecule is CCN(CC1CCN(CCc2ccccc2C)CC1)C[C@H](O)CO. The highest BCUT2D eigenvalue weighted by atomic mass is 16.3. The van der Waals surface area contributed by atoms with Crippen molar-refractivity contribution in [2.75, 3.05) is 45.9 Å². The van der Waals surface area contributed by atoms with Crippen LogP contribution in [0.3, 0.4) is 0 Å². The van der Waals surface area contributed by atoms with Crippen LogP contribution in [0.25, 0.3) is 0 Å². The van der Waals surface area contributed by atoms with Crippen LogP contribution in [0.5, 0.6) is 0 Å². The number of nitrogens with zero attached hydrogens (tertiary/aromatic N) is 2. The quantitative estimate of drug-likeness (QED) is 0.724. The molecule has 1 aliphatic heterocycles. The second-order valence-electron chi connectivity index (χ2n) is 7.15. The van der Waals surface area contributed by atoms with E-state index in [1.54, 1.807) is 0 Å². The molecule has 2 N–H and O–H groups in total. The van der Waals surface area contributed by atoms with Gasteiger partial charge in [-0.1, -0.05) is 31.2 Å². The van der Waals surface area contributed by atoms with Crippen molar-refractivity contribution in [1.82, 2.24) is 9.80 Å². The van der Waals surface area contributed by atoms with E-state index >= 15 is 0 Å². The van der Waals surface area contributed by atoms with E-state index in [2.05, 4.69) is 47.9 Å². The van der Waals surface area contributed by atoms with Gasteiger partial charge in [0.05, 0.1) is 12.7 Å². The van der Waals surface area contributed by atoms with E-state index in [4.69, 9.17) is 5.11 Å². The van der Waals surface area contributed by atoms with Crippen LogP contribution in [-0.4, -0.2) is 72.0 Å². The van der Waals surface area contributed by atoms with Crippen LogP contribution in [0.15, 0.2) is 24.3 Å². The van der Waals surface area contributed by atoms with Crippen LogP contribution >= 0.6 is 0 Å². The van der Waals surface area contributed by atoms with Gasteiger partial charge in [-0.25, -0.2) is 0 Å². The lowest BCUT2D eigenvalue weighted by molar-refractivity contribution is 0.0505. The predicted octanol–water partition coefficient (Wildman–Crippen LogP) is 1.92. The molecular weight excluding hydrogens is 300 g/mol. The molecule has 0 saturated carbocycles. The van der Waals surface area contributed by atoms with Crippen LogP contribution in [-0.2, 0) is 6.42 Å². The standard InChI is InChI=1S/C20H34N2O2/c1-3-21(15-20(24)16-23)14-18-8-11-22(12-9-18)13-10-19-7-5-4-6-17(19)2/h4-7,18,20,23-24H,3,8-16H2,1-2H3/t20-/m0/s1. The van der Waals surface area contributed by atoms with Crippen LogP contribution < -0.4 is 0 Å². The van der Waals surface area contributed by atoms with Crippen molar-refractivity contribution in [3.05, 3.63) is 35.4 Å². The van der Waals surface area contributed by atoms with Crippen LogP contribution in [0.2, 0.25) is 0 Å². The Labute approximate surface area is 147 Å². The molecule has 0 bridgehead atoms. The highest BCUT2D eigenvalue weighted by Gasteiger charge is 2.21. The zero-order valence-electron chi connectivity index (χ0n) is 15.3. The number of rotatable bonds is 9. The normalized spacial score (nSPS) is 18.2. The molecule has 1 aromatic carbocycles. The maximum Gasteiger partial charge on any atom is 0.0897 e. The molecule has 0 spiro atoms. The molecule has 1 saturated heterocycles. The fourth-order valence-electron chi connectivity index (χ4n) is 3.62. The zero-order chi connectivity index (χ0) is 17.4. The zero-order valence-corrected chi connectivity index (χ0v) is 15.3. The maximum atomic E-state index is 9.63. The van der Waals surface area contributed by atoms with Crippen LogP contribution in [0.4, 0.5) is 0 Å². The summed E-state index contributed by atoms with van der Waals surface area (Å²) in [5, 5.41) is 18.6. The molecule has 1 fully saturated rings. The lowest BCUT2D eigenvalue weighted by atomic mass is 9.95. The first-order chi connectivity index (χ1) is 11.6. The number of aliphatic hydroxyl groups excluding tert-OH is 2. The summed E-state index contributed by atoms with van der Waals surface area (Å²) >= 11 is 0. The largest absolute Gasteiger partial charge is 0.394 e. The Morgan fingerprint density at radius 2 is 1.96 bits per heavy atom. The first-order valence-corrected chi connectivity index (χ1v) is 9.40. The molecule has 4 heteroatoms. The van der Waals surface area contributed by atoms with E-state index in [9.17, 15) is 5.11 Å². The van der Waals surface area contributed by atoms with Crippen molar-refractivity contribution in [2.24, 2.45) is 5.92 Å². The molecule has 0 aliphatic carbocycles. The van der Waals surface area contributed by atoms with Gasteiger partial charge in [-0.05, 0) is 62.9 Å². The van der Waals surface area contributed by atoms with E-state index in [-0.39, 0.29) is 6.61 Å². The number of likely N-dealkylation sites (tertiary alicyclic amines) is 1. The molecule has 2 rings (SSSR count). The van der Waals surface area contributed by atoms with E-state index < -0.39 is 6.10 Å². The van der Waals surface area contributed by atoms with Crippen molar-refractivity contribution in [3.63, 3.8) is 0 Å². The van der Waals surface area contributed by atoms with Crippen molar-refractivity contribution in [3.8, 4) is 0 Å². The molecule has 136 valence electrons. The number of benzene rings is 1. The van der Waals surface area contributed by atoms with Gasteiger partial charge in [0.15, 0.2) is 0 Å². The molecule has 24 heavy (non-hydrogen) atoms. The molecule has 1 aliphatic rings. The molecule has 0 aromatic heterocycles. The smallest absolute Gasteiger partial charge is 0.0897 e. The third kappa shape index (κ3) is 6.17. The van der Waals surface area contributed by atoms with Crippen LogP contribution in [0, 0.1) is 12.8 Å². The summed E-state index contributed by atoms with van der Waals surface area (Å²) in [5.74, 6) is 0.713. The average Bonchev–Trinajstić information content (AvgIpc) is 2.61. The number of hydrogen-bond acceptors (Lipinski definition) is 4. The summed E-state index contributed by atoms with van der Waals surface area (Å²) in [5.41, 5.74) is 2.86. The summed E-state index contributed by atoms with van der Waals surface area (Å²) in [6.45, 7) is 10.2. The van der Waals surface area contributed by atoms with Gasteiger partial charge >= 0.3 is 0 Å². The van der Waals surface area contributed by atoms with Gasteiger partial charge < -0.3 is 20.0 Å². The first-order valence-electron chi connectivity index (χ1n) is 9.40. The maximum absolute atomic E-state index is 9.63. The minimum Gasteiger partial charge on any atom is -0.394 e. The second-order valence-corrected chi connectivity index (χ2v) is 7.15. The lowest BCUT2D eigenvalue weighted by Crippen LogP contribution is -2.42. The highest BCUT2D eigenvalue weighted by molar-refractivity contribution is 5.25. The van der Waals surface area contributed by atoms with Crippen molar-refractivity contribution in [2.45, 2.75) is 39.2 Å². The highest BCUT2D eigenvalue weighted by Crippen LogP contribution is 2.19. The molecule has 0 radical (unpaired) electrons. The molecule has 1 aromatic rings. The van der Waals surface area contributed by atoms with Crippen molar-refractivity contribution in [1.29, 1.82) is 0 Å².